The fourth-order valence-electron chi connectivity index (χ4n) is 0.186. The SMILES string of the molecule is O=S(=O)([O-])CSSCS(=O)(=O)[O-]. The fourth-order valence-corrected chi connectivity index (χ4v) is 5.02. The molecule has 10 heteroatoms. The van der Waals surface area contributed by atoms with Gasteiger partial charge in [-0.25, -0.2) is 16.8 Å². The Balaban J connectivity index is 3.62. The zero-order valence-corrected chi connectivity index (χ0v) is 8.76. The van der Waals surface area contributed by atoms with Crippen molar-refractivity contribution in [2.45, 2.75) is 0 Å². The molecule has 0 aliphatic carbocycles. The standard InChI is InChI=1S/C2H6O6S4/c3-11(4,5)1-9-10-2-12(6,7)8/h1-2H2,(H,3,4,5)(H,6,7,8)/p-2. The lowest BCUT2D eigenvalue weighted by molar-refractivity contribution is 0.466. The average Bonchev–Trinajstić information content (AvgIpc) is 1.76. The van der Waals surface area contributed by atoms with E-state index in [-0.39, 0.29) is 0 Å². The van der Waals surface area contributed by atoms with Crippen LogP contribution in [0, 0.1) is 0 Å². The highest BCUT2D eigenvalue weighted by molar-refractivity contribution is 8.79. The van der Waals surface area contributed by atoms with Gasteiger partial charge in [0.05, 0.1) is 10.2 Å². The van der Waals surface area contributed by atoms with Crippen LogP contribution in [0.4, 0.5) is 0 Å². The molecule has 0 saturated carbocycles. The Hall–Kier alpha value is 0.520. The molecule has 0 aliphatic rings. The zero-order chi connectivity index (χ0) is 9.83. The molecule has 0 heterocycles. The van der Waals surface area contributed by atoms with Gasteiger partial charge in [0.15, 0.2) is 0 Å². The first-order valence-corrected chi connectivity index (χ1v) is 7.96. The molecule has 74 valence electrons. The molecule has 0 bridgehead atoms. The second kappa shape index (κ2) is 4.67. The predicted octanol–water partition coefficient (Wildman–Crippen LogP) is -0.627. The number of hydrogen-bond acceptors (Lipinski definition) is 8. The van der Waals surface area contributed by atoms with Crippen LogP contribution < -0.4 is 0 Å². The minimum atomic E-state index is -4.35. The summed E-state index contributed by atoms with van der Waals surface area (Å²) < 4.78 is 59.6. The van der Waals surface area contributed by atoms with Crippen LogP contribution in [-0.2, 0) is 20.2 Å². The van der Waals surface area contributed by atoms with E-state index in [0.29, 0.717) is 21.6 Å². The Morgan fingerprint density at radius 1 is 0.833 bits per heavy atom. The molecule has 0 N–H and O–H groups in total. The fraction of sp³-hybridized carbons (Fsp3) is 1.00. The van der Waals surface area contributed by atoms with E-state index in [9.17, 15) is 25.9 Å². The molecule has 0 aromatic carbocycles. The molecule has 0 amide bonds. The van der Waals surface area contributed by atoms with Crippen molar-refractivity contribution < 1.29 is 25.9 Å². The summed E-state index contributed by atoms with van der Waals surface area (Å²) in [5, 5.41) is -1.49. The van der Waals surface area contributed by atoms with Crippen LogP contribution in [0.15, 0.2) is 0 Å². The van der Waals surface area contributed by atoms with E-state index < -0.39 is 30.4 Å². The Bertz CT molecular complexity index is 277. The number of hydrogen-bond donors (Lipinski definition) is 0. The molecule has 0 fully saturated rings. The molecule has 0 rings (SSSR count). The maximum Gasteiger partial charge on any atom is 0.105 e. The molecule has 12 heavy (non-hydrogen) atoms. The third-order valence-corrected chi connectivity index (χ3v) is 5.95. The van der Waals surface area contributed by atoms with Gasteiger partial charge in [-0.05, 0) is 0 Å². The monoisotopic (exact) mass is 252 g/mol. The highest BCUT2D eigenvalue weighted by Crippen LogP contribution is 2.23. The topological polar surface area (TPSA) is 114 Å². The lowest BCUT2D eigenvalue weighted by Gasteiger charge is -2.07. The molecule has 0 aromatic heterocycles. The average molecular weight is 252 g/mol. The van der Waals surface area contributed by atoms with Crippen LogP contribution >= 0.6 is 21.6 Å². The molecule has 0 aliphatic heterocycles. The van der Waals surface area contributed by atoms with E-state index in [1.807, 2.05) is 0 Å². The lowest BCUT2D eigenvalue weighted by Crippen LogP contribution is -2.02. The van der Waals surface area contributed by atoms with Gasteiger partial charge >= 0.3 is 0 Å². The van der Waals surface area contributed by atoms with E-state index >= 15 is 0 Å². The summed E-state index contributed by atoms with van der Waals surface area (Å²) in [6.07, 6.45) is 0. The smallest absolute Gasteiger partial charge is 0.105 e. The highest BCUT2D eigenvalue weighted by atomic mass is 33.1. The van der Waals surface area contributed by atoms with Gasteiger partial charge in [0.25, 0.3) is 0 Å². The van der Waals surface area contributed by atoms with Crippen LogP contribution in [-0.4, -0.2) is 36.1 Å². The van der Waals surface area contributed by atoms with E-state index in [4.69, 9.17) is 0 Å². The van der Waals surface area contributed by atoms with Gasteiger partial charge in [0.2, 0.25) is 0 Å². The molecular formula is C2H4O6S4-2. The largest absolute Gasteiger partial charge is 0.747 e. The first kappa shape index (κ1) is 12.5. The Morgan fingerprint density at radius 2 is 1.08 bits per heavy atom. The minimum Gasteiger partial charge on any atom is -0.747 e. The van der Waals surface area contributed by atoms with Gasteiger partial charge < -0.3 is 9.11 Å². The first-order valence-electron chi connectivity index (χ1n) is 2.32. The van der Waals surface area contributed by atoms with Gasteiger partial charge in [-0.2, -0.15) is 0 Å². The van der Waals surface area contributed by atoms with Crippen molar-refractivity contribution in [3.05, 3.63) is 0 Å². The molecule has 0 atom stereocenters. The van der Waals surface area contributed by atoms with Crippen LogP contribution in [0.25, 0.3) is 0 Å². The predicted molar refractivity (Wildman–Crippen MR) is 44.3 cm³/mol. The van der Waals surface area contributed by atoms with Crippen molar-refractivity contribution in [2.24, 2.45) is 0 Å². The van der Waals surface area contributed by atoms with E-state index in [1.54, 1.807) is 0 Å². The summed E-state index contributed by atoms with van der Waals surface area (Å²) in [6, 6.07) is 0. The van der Waals surface area contributed by atoms with Gasteiger partial charge in [-0.3, -0.25) is 0 Å². The molecular weight excluding hydrogens is 248 g/mol. The Kier molecular flexibility index (Phi) is 4.87. The van der Waals surface area contributed by atoms with Crippen molar-refractivity contribution in [2.75, 3.05) is 10.2 Å². The van der Waals surface area contributed by atoms with Crippen molar-refractivity contribution in [3.8, 4) is 0 Å². The van der Waals surface area contributed by atoms with Crippen molar-refractivity contribution >= 4 is 41.8 Å². The first-order chi connectivity index (χ1) is 5.21. The molecule has 0 spiro atoms. The quantitative estimate of drug-likeness (QED) is 0.361. The van der Waals surface area contributed by atoms with Gasteiger partial charge in [-0.15, -0.1) is 0 Å². The highest BCUT2D eigenvalue weighted by Gasteiger charge is 1.99. The third-order valence-electron chi connectivity index (χ3n) is 0.468. The van der Waals surface area contributed by atoms with Crippen molar-refractivity contribution in [1.82, 2.24) is 0 Å². The minimum absolute atomic E-state index is 0.524. The second-order valence-electron chi connectivity index (χ2n) is 1.59. The Morgan fingerprint density at radius 3 is 1.25 bits per heavy atom. The van der Waals surface area contributed by atoms with Gasteiger partial charge in [0.1, 0.15) is 20.2 Å². The van der Waals surface area contributed by atoms with Gasteiger partial charge in [-0.1, -0.05) is 21.6 Å². The second-order valence-corrected chi connectivity index (χ2v) is 7.59. The summed E-state index contributed by atoms with van der Waals surface area (Å²) in [4.78, 5) is 0. The number of rotatable bonds is 5. The normalized spacial score (nSPS) is 13.2. The van der Waals surface area contributed by atoms with Crippen molar-refractivity contribution in [1.29, 1.82) is 0 Å². The van der Waals surface area contributed by atoms with Crippen LogP contribution in [0.1, 0.15) is 0 Å². The maximum atomic E-state index is 9.94. The summed E-state index contributed by atoms with van der Waals surface area (Å²) in [5.74, 6) is 0. The summed E-state index contributed by atoms with van der Waals surface area (Å²) in [5.41, 5.74) is 0. The van der Waals surface area contributed by atoms with E-state index in [2.05, 4.69) is 0 Å². The molecule has 0 aromatic rings. The Labute approximate surface area is 78.0 Å². The van der Waals surface area contributed by atoms with E-state index in [0.717, 1.165) is 0 Å². The third kappa shape index (κ3) is 10.5. The van der Waals surface area contributed by atoms with E-state index in [1.165, 1.54) is 0 Å². The molecule has 6 nitrogen and oxygen atoms in total. The van der Waals surface area contributed by atoms with Crippen molar-refractivity contribution in [3.63, 3.8) is 0 Å². The maximum absolute atomic E-state index is 9.94. The van der Waals surface area contributed by atoms with Crippen LogP contribution in [0.3, 0.4) is 0 Å². The summed E-state index contributed by atoms with van der Waals surface area (Å²) in [7, 11) is -7.64. The summed E-state index contributed by atoms with van der Waals surface area (Å²) in [6.45, 7) is 0. The molecule has 0 unspecified atom stereocenters. The van der Waals surface area contributed by atoms with Crippen LogP contribution in [0.2, 0.25) is 0 Å². The molecule has 0 saturated heterocycles. The van der Waals surface area contributed by atoms with Gasteiger partial charge in [0, 0.05) is 0 Å². The summed E-state index contributed by atoms with van der Waals surface area (Å²) >= 11 is 0. The molecule has 0 radical (unpaired) electrons. The lowest BCUT2D eigenvalue weighted by atomic mass is 11.9. The zero-order valence-electron chi connectivity index (χ0n) is 5.50. The van der Waals surface area contributed by atoms with Crippen LogP contribution in [0.5, 0.6) is 0 Å².